The Hall–Kier alpha value is -2.45. The van der Waals surface area contributed by atoms with Crippen LogP contribution in [-0.4, -0.2) is 25.9 Å². The van der Waals surface area contributed by atoms with Crippen molar-refractivity contribution in [2.45, 2.75) is 4.90 Å². The molecule has 0 unspecified atom stereocenters. The molecule has 0 fully saturated rings. The Kier molecular flexibility index (Phi) is 4.01. The first-order valence-electron chi connectivity index (χ1n) is 6.55. The highest BCUT2D eigenvalue weighted by Gasteiger charge is 2.20. The minimum absolute atomic E-state index is 0.0898. The number of hydrogen-bond donors (Lipinski definition) is 1. The lowest BCUT2D eigenvalue weighted by atomic mass is 10.0. The van der Waals surface area contributed by atoms with Crippen molar-refractivity contribution in [3.8, 4) is 0 Å². The fraction of sp³-hybridized carbons (Fsp3) is 0.0667. The number of benzene rings is 2. The minimum Gasteiger partial charge on any atom is -0.465 e. The summed E-state index contributed by atoms with van der Waals surface area (Å²) in [5.74, 6) is -0.514. The van der Waals surface area contributed by atoms with E-state index in [0.717, 1.165) is 11.5 Å². The number of esters is 1. The standard InChI is InChI=1S/C15H12N2O4S2/c1-21-15(18)13-6-2-5-12-11(13)4-3-7-14(12)23(19,20)17-10-8-16-22-9-10/h2-9,17H,1H3. The molecule has 0 aliphatic heterocycles. The van der Waals surface area contributed by atoms with Gasteiger partial charge in [0.25, 0.3) is 10.0 Å². The number of fused-ring (bicyclic) bond motifs is 1. The number of nitrogens with zero attached hydrogens (tertiary/aromatic N) is 1. The zero-order valence-electron chi connectivity index (χ0n) is 12.0. The van der Waals surface area contributed by atoms with Gasteiger partial charge in [0.2, 0.25) is 0 Å². The summed E-state index contributed by atoms with van der Waals surface area (Å²) in [5, 5.41) is 2.57. The molecule has 8 heteroatoms. The third-order valence-electron chi connectivity index (χ3n) is 3.26. The van der Waals surface area contributed by atoms with Gasteiger partial charge in [-0.05, 0) is 29.1 Å². The predicted octanol–water partition coefficient (Wildman–Crippen LogP) is 2.88. The molecule has 6 nitrogen and oxygen atoms in total. The molecule has 0 aliphatic carbocycles. The first-order chi connectivity index (χ1) is 11.0. The molecule has 0 saturated heterocycles. The summed E-state index contributed by atoms with van der Waals surface area (Å²) in [5.41, 5.74) is 0.718. The molecule has 0 aliphatic rings. The van der Waals surface area contributed by atoms with Crippen molar-refractivity contribution in [3.05, 3.63) is 53.5 Å². The second-order valence-electron chi connectivity index (χ2n) is 4.67. The summed E-state index contributed by atoms with van der Waals surface area (Å²) >= 11 is 1.15. The third kappa shape index (κ3) is 2.90. The van der Waals surface area contributed by atoms with Gasteiger partial charge in [0.15, 0.2) is 0 Å². The van der Waals surface area contributed by atoms with Gasteiger partial charge in [0, 0.05) is 10.8 Å². The maximum absolute atomic E-state index is 12.6. The molecular formula is C15H12N2O4S2. The van der Waals surface area contributed by atoms with E-state index in [4.69, 9.17) is 4.74 Å². The molecule has 0 amide bonds. The van der Waals surface area contributed by atoms with Gasteiger partial charge in [0.05, 0.1) is 29.5 Å². The van der Waals surface area contributed by atoms with Crippen molar-refractivity contribution in [2.75, 3.05) is 11.8 Å². The molecule has 1 heterocycles. The molecule has 1 N–H and O–H groups in total. The highest BCUT2D eigenvalue weighted by Crippen LogP contribution is 2.27. The number of aromatic nitrogens is 1. The van der Waals surface area contributed by atoms with Crippen LogP contribution in [0.1, 0.15) is 10.4 Å². The zero-order valence-corrected chi connectivity index (χ0v) is 13.6. The molecule has 118 valence electrons. The molecule has 23 heavy (non-hydrogen) atoms. The van der Waals surface area contributed by atoms with Crippen LogP contribution < -0.4 is 4.72 Å². The van der Waals surface area contributed by atoms with Crippen molar-refractivity contribution < 1.29 is 17.9 Å². The van der Waals surface area contributed by atoms with Crippen molar-refractivity contribution in [3.63, 3.8) is 0 Å². The number of ether oxygens (including phenoxy) is 1. The van der Waals surface area contributed by atoms with E-state index in [0.29, 0.717) is 22.0 Å². The van der Waals surface area contributed by atoms with Crippen LogP contribution in [0.4, 0.5) is 5.69 Å². The van der Waals surface area contributed by atoms with Gasteiger partial charge in [-0.2, -0.15) is 4.37 Å². The lowest BCUT2D eigenvalue weighted by Gasteiger charge is -2.11. The van der Waals surface area contributed by atoms with Gasteiger partial charge in [0.1, 0.15) is 0 Å². The molecule has 3 aromatic rings. The topological polar surface area (TPSA) is 85.4 Å². The molecule has 0 bridgehead atoms. The van der Waals surface area contributed by atoms with E-state index in [1.54, 1.807) is 35.7 Å². The minimum atomic E-state index is -3.79. The van der Waals surface area contributed by atoms with E-state index < -0.39 is 16.0 Å². The second-order valence-corrected chi connectivity index (χ2v) is 6.98. The van der Waals surface area contributed by atoms with E-state index in [2.05, 4.69) is 9.10 Å². The Bertz CT molecular complexity index is 966. The van der Waals surface area contributed by atoms with Crippen molar-refractivity contribution in [1.82, 2.24) is 4.37 Å². The van der Waals surface area contributed by atoms with E-state index in [1.165, 1.54) is 19.4 Å². The van der Waals surface area contributed by atoms with Gasteiger partial charge in [-0.1, -0.05) is 24.3 Å². The van der Waals surface area contributed by atoms with Crippen molar-refractivity contribution >= 4 is 44.0 Å². The molecule has 1 aromatic heterocycles. The van der Waals surface area contributed by atoms with Gasteiger partial charge in [-0.3, -0.25) is 4.72 Å². The molecule has 0 spiro atoms. The molecule has 0 radical (unpaired) electrons. The SMILES string of the molecule is COC(=O)c1cccc2c(S(=O)(=O)Nc3cnsc3)cccc12. The Morgan fingerprint density at radius 3 is 2.61 bits per heavy atom. The van der Waals surface area contributed by atoms with E-state index >= 15 is 0 Å². The maximum Gasteiger partial charge on any atom is 0.338 e. The van der Waals surface area contributed by atoms with Crippen LogP contribution in [0.15, 0.2) is 52.9 Å². The number of sulfonamides is 1. The van der Waals surface area contributed by atoms with Crippen molar-refractivity contribution in [1.29, 1.82) is 0 Å². The summed E-state index contributed by atoms with van der Waals surface area (Å²) in [6.45, 7) is 0. The number of anilines is 1. The Morgan fingerprint density at radius 2 is 1.91 bits per heavy atom. The lowest BCUT2D eigenvalue weighted by molar-refractivity contribution is 0.0603. The van der Waals surface area contributed by atoms with Gasteiger partial charge in [-0.15, -0.1) is 0 Å². The average Bonchev–Trinajstić information content (AvgIpc) is 3.05. The average molecular weight is 348 g/mol. The summed E-state index contributed by atoms with van der Waals surface area (Å²) in [7, 11) is -2.51. The highest BCUT2D eigenvalue weighted by atomic mass is 32.2. The fourth-order valence-corrected chi connectivity index (χ4v) is 4.07. The van der Waals surface area contributed by atoms with Crippen LogP contribution in [0.3, 0.4) is 0 Å². The van der Waals surface area contributed by atoms with Gasteiger partial charge >= 0.3 is 5.97 Å². The predicted molar refractivity (Wildman–Crippen MR) is 88.2 cm³/mol. The number of carbonyl (C=O) groups excluding carboxylic acids is 1. The number of methoxy groups -OCH3 is 1. The molecule has 0 saturated carbocycles. The van der Waals surface area contributed by atoms with Gasteiger partial charge in [-0.25, -0.2) is 13.2 Å². The lowest BCUT2D eigenvalue weighted by Crippen LogP contribution is -2.13. The van der Waals surface area contributed by atoms with E-state index in [1.807, 2.05) is 0 Å². The van der Waals surface area contributed by atoms with Crippen LogP contribution >= 0.6 is 11.5 Å². The summed E-state index contributed by atoms with van der Waals surface area (Å²) in [4.78, 5) is 11.9. The van der Waals surface area contributed by atoms with E-state index in [-0.39, 0.29) is 4.90 Å². The fourth-order valence-electron chi connectivity index (χ4n) is 2.27. The first-order valence-corrected chi connectivity index (χ1v) is 8.87. The van der Waals surface area contributed by atoms with E-state index in [9.17, 15) is 13.2 Å². The highest BCUT2D eigenvalue weighted by molar-refractivity contribution is 7.93. The Balaban J connectivity index is 2.17. The van der Waals surface area contributed by atoms with Crippen LogP contribution in [0.5, 0.6) is 0 Å². The zero-order chi connectivity index (χ0) is 16.4. The van der Waals surface area contributed by atoms with Crippen LogP contribution in [0.2, 0.25) is 0 Å². The normalized spacial score (nSPS) is 11.3. The molecule has 0 atom stereocenters. The van der Waals surface area contributed by atoms with Crippen LogP contribution in [0, 0.1) is 0 Å². The van der Waals surface area contributed by atoms with Crippen LogP contribution in [-0.2, 0) is 14.8 Å². The summed E-state index contributed by atoms with van der Waals surface area (Å²) in [6.07, 6.45) is 1.44. The smallest absolute Gasteiger partial charge is 0.338 e. The largest absolute Gasteiger partial charge is 0.465 e. The monoisotopic (exact) mass is 348 g/mol. The quantitative estimate of drug-likeness (QED) is 0.733. The second kappa shape index (κ2) is 5.98. The molecular weight excluding hydrogens is 336 g/mol. The number of nitrogens with one attached hydrogen (secondary N) is 1. The molecule has 3 rings (SSSR count). The summed E-state index contributed by atoms with van der Waals surface area (Å²) in [6, 6.07) is 9.65. The molecule has 2 aromatic carbocycles. The Morgan fingerprint density at radius 1 is 1.17 bits per heavy atom. The number of hydrogen-bond acceptors (Lipinski definition) is 6. The number of carbonyl (C=O) groups is 1. The maximum atomic E-state index is 12.6. The number of rotatable bonds is 4. The van der Waals surface area contributed by atoms with Crippen molar-refractivity contribution in [2.24, 2.45) is 0 Å². The Labute approximate surface area is 136 Å². The van der Waals surface area contributed by atoms with Gasteiger partial charge < -0.3 is 4.74 Å². The summed E-state index contributed by atoms with van der Waals surface area (Å²) < 4.78 is 36.3. The van der Waals surface area contributed by atoms with Crippen LogP contribution in [0.25, 0.3) is 10.8 Å². The first kappa shape index (κ1) is 15.4. The third-order valence-corrected chi connectivity index (χ3v) is 5.29.